The fourth-order valence-electron chi connectivity index (χ4n) is 2.75. The molecule has 108 valence electrons. The molecular formula is C19H21NS. The van der Waals surface area contributed by atoms with Crippen LogP contribution in [-0.4, -0.2) is 6.54 Å². The highest BCUT2D eigenvalue weighted by molar-refractivity contribution is 7.17. The van der Waals surface area contributed by atoms with E-state index in [4.69, 9.17) is 0 Å². The molecule has 0 aliphatic rings. The second kappa shape index (κ2) is 6.88. The van der Waals surface area contributed by atoms with Crippen molar-refractivity contribution in [1.82, 2.24) is 5.32 Å². The zero-order chi connectivity index (χ0) is 14.5. The van der Waals surface area contributed by atoms with Gasteiger partial charge in [-0.25, -0.2) is 0 Å². The third kappa shape index (κ3) is 3.34. The van der Waals surface area contributed by atoms with Crippen LogP contribution in [0.1, 0.15) is 30.5 Å². The van der Waals surface area contributed by atoms with Crippen molar-refractivity contribution in [2.45, 2.75) is 25.8 Å². The van der Waals surface area contributed by atoms with Gasteiger partial charge in [0.15, 0.2) is 0 Å². The molecule has 0 saturated carbocycles. The van der Waals surface area contributed by atoms with Crippen LogP contribution >= 0.6 is 11.3 Å². The maximum absolute atomic E-state index is 3.72. The van der Waals surface area contributed by atoms with Crippen LogP contribution in [0.3, 0.4) is 0 Å². The number of rotatable bonds is 6. The molecule has 2 heteroatoms. The van der Waals surface area contributed by atoms with Gasteiger partial charge in [0, 0.05) is 10.7 Å². The Morgan fingerprint density at radius 3 is 2.67 bits per heavy atom. The summed E-state index contributed by atoms with van der Waals surface area (Å²) in [5.41, 5.74) is 2.82. The van der Waals surface area contributed by atoms with Gasteiger partial charge in [0.1, 0.15) is 0 Å². The van der Waals surface area contributed by atoms with Crippen LogP contribution in [0, 0.1) is 0 Å². The van der Waals surface area contributed by atoms with E-state index in [2.05, 4.69) is 72.2 Å². The van der Waals surface area contributed by atoms with Crippen molar-refractivity contribution in [3.63, 3.8) is 0 Å². The van der Waals surface area contributed by atoms with Gasteiger partial charge in [-0.05, 0) is 47.3 Å². The Hall–Kier alpha value is -1.64. The molecular weight excluding hydrogens is 274 g/mol. The number of hydrogen-bond donors (Lipinski definition) is 1. The lowest BCUT2D eigenvalue weighted by Gasteiger charge is -2.20. The largest absolute Gasteiger partial charge is 0.310 e. The lowest BCUT2D eigenvalue weighted by Crippen LogP contribution is -2.24. The molecule has 1 aromatic heterocycles. The summed E-state index contributed by atoms with van der Waals surface area (Å²) in [5.74, 6) is 0. The van der Waals surface area contributed by atoms with E-state index >= 15 is 0 Å². The summed E-state index contributed by atoms with van der Waals surface area (Å²) < 4.78 is 1.42. The summed E-state index contributed by atoms with van der Waals surface area (Å²) in [5, 5.41) is 7.27. The molecule has 1 unspecified atom stereocenters. The normalized spacial score (nSPS) is 12.6. The van der Waals surface area contributed by atoms with Crippen molar-refractivity contribution in [3.8, 4) is 0 Å². The maximum atomic E-state index is 3.72. The monoisotopic (exact) mass is 295 g/mol. The van der Waals surface area contributed by atoms with E-state index in [0.29, 0.717) is 6.04 Å². The molecule has 0 fully saturated rings. The van der Waals surface area contributed by atoms with Gasteiger partial charge in [0.05, 0.1) is 0 Å². The number of fused-ring (bicyclic) bond motifs is 1. The zero-order valence-corrected chi connectivity index (χ0v) is 13.2. The van der Waals surface area contributed by atoms with Crippen LogP contribution in [-0.2, 0) is 6.42 Å². The Bertz CT molecular complexity index is 687. The highest BCUT2D eigenvalue weighted by Gasteiger charge is 2.15. The van der Waals surface area contributed by atoms with Gasteiger partial charge in [-0.3, -0.25) is 0 Å². The Morgan fingerprint density at radius 1 is 1.00 bits per heavy atom. The first kappa shape index (κ1) is 14.3. The topological polar surface area (TPSA) is 12.0 Å². The van der Waals surface area contributed by atoms with Gasteiger partial charge in [0.25, 0.3) is 0 Å². The predicted molar refractivity (Wildman–Crippen MR) is 93.0 cm³/mol. The number of thiophene rings is 1. The Morgan fingerprint density at radius 2 is 1.86 bits per heavy atom. The fraction of sp³-hybridized carbons (Fsp3) is 0.263. The van der Waals surface area contributed by atoms with E-state index in [9.17, 15) is 0 Å². The van der Waals surface area contributed by atoms with Gasteiger partial charge in [0.2, 0.25) is 0 Å². The van der Waals surface area contributed by atoms with Crippen LogP contribution in [0.15, 0.2) is 60.0 Å². The summed E-state index contributed by atoms with van der Waals surface area (Å²) in [6, 6.07) is 20.0. The first-order valence-electron chi connectivity index (χ1n) is 7.62. The molecule has 0 bridgehead atoms. The van der Waals surface area contributed by atoms with Crippen LogP contribution in [0.2, 0.25) is 0 Å². The quantitative estimate of drug-likeness (QED) is 0.660. The minimum absolute atomic E-state index is 0.384. The van der Waals surface area contributed by atoms with Crippen LogP contribution in [0.25, 0.3) is 10.1 Å². The van der Waals surface area contributed by atoms with Crippen molar-refractivity contribution in [2.75, 3.05) is 6.54 Å². The summed E-state index contributed by atoms with van der Waals surface area (Å²) in [4.78, 5) is 0. The Kier molecular flexibility index (Phi) is 4.69. The second-order valence-corrected chi connectivity index (χ2v) is 6.30. The van der Waals surface area contributed by atoms with Crippen molar-refractivity contribution in [2.24, 2.45) is 0 Å². The van der Waals surface area contributed by atoms with Crippen molar-refractivity contribution < 1.29 is 0 Å². The van der Waals surface area contributed by atoms with E-state index in [1.807, 2.05) is 11.3 Å². The number of nitrogens with one attached hydrogen (secondary N) is 1. The highest BCUT2D eigenvalue weighted by atomic mass is 32.1. The van der Waals surface area contributed by atoms with Crippen molar-refractivity contribution in [3.05, 3.63) is 71.1 Å². The SMILES string of the molecule is CCCNC(Cc1ccccc1)c1cccc2ccsc12. The minimum Gasteiger partial charge on any atom is -0.310 e. The van der Waals surface area contributed by atoms with Gasteiger partial charge in [-0.2, -0.15) is 0 Å². The molecule has 1 nitrogen and oxygen atoms in total. The average molecular weight is 295 g/mol. The fourth-order valence-corrected chi connectivity index (χ4v) is 3.72. The average Bonchev–Trinajstić information content (AvgIpc) is 3.01. The zero-order valence-electron chi connectivity index (χ0n) is 12.4. The molecule has 3 rings (SSSR count). The lowest BCUT2D eigenvalue weighted by atomic mass is 9.98. The van der Waals surface area contributed by atoms with E-state index in [0.717, 1.165) is 19.4 Å². The standard InChI is InChI=1S/C19H21NS/c1-2-12-20-18(14-15-7-4-3-5-8-15)17-10-6-9-16-11-13-21-19(16)17/h3-11,13,18,20H,2,12,14H2,1H3. The molecule has 1 atom stereocenters. The predicted octanol–water partition coefficient (Wildman–Crippen LogP) is 5.18. The van der Waals surface area contributed by atoms with Gasteiger partial charge in [-0.15, -0.1) is 11.3 Å². The van der Waals surface area contributed by atoms with E-state index < -0.39 is 0 Å². The second-order valence-electron chi connectivity index (χ2n) is 5.38. The molecule has 0 amide bonds. The Labute approximate surface area is 130 Å². The van der Waals surface area contributed by atoms with Gasteiger partial charge >= 0.3 is 0 Å². The maximum Gasteiger partial charge on any atom is 0.0390 e. The van der Waals surface area contributed by atoms with Gasteiger partial charge < -0.3 is 5.32 Å². The third-order valence-corrected chi connectivity index (χ3v) is 4.79. The first-order valence-corrected chi connectivity index (χ1v) is 8.50. The summed E-state index contributed by atoms with van der Waals surface area (Å²) >= 11 is 1.85. The van der Waals surface area contributed by atoms with Crippen LogP contribution < -0.4 is 5.32 Å². The van der Waals surface area contributed by atoms with E-state index in [1.54, 1.807) is 0 Å². The highest BCUT2D eigenvalue weighted by Crippen LogP contribution is 2.30. The minimum atomic E-state index is 0.384. The molecule has 0 radical (unpaired) electrons. The van der Waals surface area contributed by atoms with E-state index in [-0.39, 0.29) is 0 Å². The van der Waals surface area contributed by atoms with Crippen LogP contribution in [0.5, 0.6) is 0 Å². The molecule has 1 N–H and O–H groups in total. The molecule has 0 saturated heterocycles. The smallest absolute Gasteiger partial charge is 0.0390 e. The van der Waals surface area contributed by atoms with Crippen molar-refractivity contribution in [1.29, 1.82) is 0 Å². The molecule has 1 heterocycles. The van der Waals surface area contributed by atoms with Crippen molar-refractivity contribution >= 4 is 21.4 Å². The van der Waals surface area contributed by atoms with E-state index in [1.165, 1.54) is 21.2 Å². The lowest BCUT2D eigenvalue weighted by molar-refractivity contribution is 0.533. The third-order valence-electron chi connectivity index (χ3n) is 3.81. The summed E-state index contributed by atoms with van der Waals surface area (Å²) in [6.45, 7) is 3.28. The summed E-state index contributed by atoms with van der Waals surface area (Å²) in [7, 11) is 0. The molecule has 0 aliphatic heterocycles. The molecule has 21 heavy (non-hydrogen) atoms. The van der Waals surface area contributed by atoms with Gasteiger partial charge in [-0.1, -0.05) is 55.5 Å². The number of benzene rings is 2. The molecule has 3 aromatic rings. The van der Waals surface area contributed by atoms with Crippen LogP contribution in [0.4, 0.5) is 0 Å². The molecule has 2 aromatic carbocycles. The molecule has 0 spiro atoms. The first-order chi connectivity index (χ1) is 10.4. The molecule has 0 aliphatic carbocycles. The summed E-state index contributed by atoms with van der Waals surface area (Å²) in [6.07, 6.45) is 2.20. The Balaban J connectivity index is 1.93. The number of hydrogen-bond acceptors (Lipinski definition) is 2.